The molecule has 0 aliphatic heterocycles. The SMILES string of the molecule is CC(C)Oc1ccc(C(C=O)C(F)(F)F)cc1. The second-order valence-electron chi connectivity index (χ2n) is 3.89. The zero-order valence-electron chi connectivity index (χ0n) is 9.49. The molecule has 0 aliphatic rings. The molecule has 17 heavy (non-hydrogen) atoms. The lowest BCUT2D eigenvalue weighted by atomic mass is 10.0. The molecule has 0 aliphatic carbocycles. The molecule has 2 nitrogen and oxygen atoms in total. The lowest BCUT2D eigenvalue weighted by Crippen LogP contribution is -2.21. The van der Waals surface area contributed by atoms with Crippen molar-refractivity contribution in [3.8, 4) is 5.75 Å². The standard InChI is InChI=1S/C12H13F3O2/c1-8(2)17-10-5-3-9(4-6-10)11(7-16)12(13,14)15/h3-8,11H,1-2H3. The number of benzene rings is 1. The van der Waals surface area contributed by atoms with Crippen LogP contribution in [-0.2, 0) is 4.79 Å². The number of alkyl halides is 3. The lowest BCUT2D eigenvalue weighted by molar-refractivity contribution is -0.155. The van der Waals surface area contributed by atoms with E-state index in [4.69, 9.17) is 4.74 Å². The topological polar surface area (TPSA) is 26.3 Å². The Hall–Kier alpha value is -1.52. The Labute approximate surface area is 97.4 Å². The molecule has 5 heteroatoms. The van der Waals surface area contributed by atoms with Crippen LogP contribution in [0, 0.1) is 0 Å². The van der Waals surface area contributed by atoms with E-state index < -0.39 is 12.1 Å². The van der Waals surface area contributed by atoms with Gasteiger partial charge in [0.25, 0.3) is 0 Å². The molecule has 1 rings (SSSR count). The van der Waals surface area contributed by atoms with Crippen molar-refractivity contribution >= 4 is 6.29 Å². The van der Waals surface area contributed by atoms with Crippen LogP contribution in [-0.4, -0.2) is 18.6 Å². The number of carbonyl (C=O) groups excluding carboxylic acids is 1. The predicted molar refractivity (Wildman–Crippen MR) is 57.1 cm³/mol. The maximum Gasteiger partial charge on any atom is 0.402 e. The number of carbonyl (C=O) groups is 1. The number of halogens is 3. The first kappa shape index (κ1) is 13.5. The molecule has 0 heterocycles. The summed E-state index contributed by atoms with van der Waals surface area (Å²) in [5.74, 6) is -1.59. The average molecular weight is 246 g/mol. The predicted octanol–water partition coefficient (Wildman–Crippen LogP) is 3.32. The van der Waals surface area contributed by atoms with Crippen LogP contribution < -0.4 is 4.74 Å². The van der Waals surface area contributed by atoms with Gasteiger partial charge in [-0.1, -0.05) is 12.1 Å². The van der Waals surface area contributed by atoms with Gasteiger partial charge in [0.15, 0.2) is 0 Å². The molecule has 1 atom stereocenters. The van der Waals surface area contributed by atoms with Crippen LogP contribution in [0.15, 0.2) is 24.3 Å². The number of hydrogen-bond donors (Lipinski definition) is 0. The third-order valence-electron chi connectivity index (χ3n) is 2.10. The van der Waals surface area contributed by atoms with Crippen LogP contribution in [0.2, 0.25) is 0 Å². The van der Waals surface area contributed by atoms with Crippen molar-refractivity contribution in [3.05, 3.63) is 29.8 Å². The maximum absolute atomic E-state index is 12.5. The third kappa shape index (κ3) is 3.76. The fourth-order valence-corrected chi connectivity index (χ4v) is 1.37. The van der Waals surface area contributed by atoms with E-state index in [1.54, 1.807) is 0 Å². The van der Waals surface area contributed by atoms with Gasteiger partial charge in [0.05, 0.1) is 6.10 Å². The summed E-state index contributed by atoms with van der Waals surface area (Å²) in [7, 11) is 0. The molecule has 0 saturated heterocycles. The molecule has 0 N–H and O–H groups in total. The van der Waals surface area contributed by atoms with Crippen LogP contribution in [0.1, 0.15) is 25.3 Å². The van der Waals surface area contributed by atoms with E-state index in [2.05, 4.69) is 0 Å². The van der Waals surface area contributed by atoms with E-state index in [1.807, 2.05) is 13.8 Å². The van der Waals surface area contributed by atoms with E-state index in [1.165, 1.54) is 24.3 Å². The molecule has 0 aromatic heterocycles. The van der Waals surface area contributed by atoms with Crippen molar-refractivity contribution in [1.82, 2.24) is 0 Å². The molecule has 94 valence electrons. The van der Waals surface area contributed by atoms with Crippen LogP contribution in [0.5, 0.6) is 5.75 Å². The zero-order valence-corrected chi connectivity index (χ0v) is 9.49. The minimum atomic E-state index is -4.55. The zero-order chi connectivity index (χ0) is 13.1. The molecule has 1 unspecified atom stereocenters. The van der Waals surface area contributed by atoms with Gasteiger partial charge in [-0.25, -0.2) is 0 Å². The average Bonchev–Trinajstić information content (AvgIpc) is 2.18. The molecule has 0 fully saturated rings. The third-order valence-corrected chi connectivity index (χ3v) is 2.10. The van der Waals surface area contributed by atoms with Crippen molar-refractivity contribution < 1.29 is 22.7 Å². The Morgan fingerprint density at radius 2 is 1.71 bits per heavy atom. The molecular weight excluding hydrogens is 233 g/mol. The Morgan fingerprint density at radius 3 is 2.06 bits per heavy atom. The molecule has 0 bridgehead atoms. The van der Waals surface area contributed by atoms with E-state index in [9.17, 15) is 18.0 Å². The Balaban J connectivity index is 2.89. The highest BCUT2D eigenvalue weighted by atomic mass is 19.4. The summed E-state index contributed by atoms with van der Waals surface area (Å²) in [6, 6.07) is 5.36. The molecule has 1 aromatic rings. The fraction of sp³-hybridized carbons (Fsp3) is 0.417. The normalized spacial score (nSPS) is 13.5. The summed E-state index contributed by atoms with van der Waals surface area (Å²) < 4.78 is 42.7. The summed E-state index contributed by atoms with van der Waals surface area (Å²) in [5.41, 5.74) is -0.0800. The van der Waals surface area contributed by atoms with E-state index in [0.717, 1.165) is 0 Å². The van der Waals surface area contributed by atoms with Crippen molar-refractivity contribution in [2.75, 3.05) is 0 Å². The van der Waals surface area contributed by atoms with Crippen LogP contribution in [0.3, 0.4) is 0 Å². The summed E-state index contributed by atoms with van der Waals surface area (Å²) in [6.45, 7) is 3.63. The summed E-state index contributed by atoms with van der Waals surface area (Å²) in [6.07, 6.45) is -4.70. The van der Waals surface area contributed by atoms with E-state index in [-0.39, 0.29) is 18.0 Å². The first-order valence-electron chi connectivity index (χ1n) is 5.13. The Kier molecular flexibility index (Phi) is 4.15. The van der Waals surface area contributed by atoms with Gasteiger partial charge in [0.1, 0.15) is 18.0 Å². The molecule has 0 amide bonds. The van der Waals surface area contributed by atoms with Gasteiger partial charge in [0.2, 0.25) is 0 Å². The van der Waals surface area contributed by atoms with Crippen LogP contribution in [0.25, 0.3) is 0 Å². The van der Waals surface area contributed by atoms with Gasteiger partial charge in [-0.05, 0) is 31.5 Å². The van der Waals surface area contributed by atoms with Crippen LogP contribution in [0.4, 0.5) is 13.2 Å². The quantitative estimate of drug-likeness (QED) is 0.762. The van der Waals surface area contributed by atoms with E-state index >= 15 is 0 Å². The summed E-state index contributed by atoms with van der Waals surface area (Å²) >= 11 is 0. The van der Waals surface area contributed by atoms with Gasteiger partial charge in [0, 0.05) is 0 Å². The maximum atomic E-state index is 12.5. The van der Waals surface area contributed by atoms with Crippen molar-refractivity contribution in [2.45, 2.75) is 32.0 Å². The molecular formula is C12H13F3O2. The second kappa shape index (κ2) is 5.21. The molecule has 0 radical (unpaired) electrons. The highest BCUT2D eigenvalue weighted by Gasteiger charge is 2.40. The fourth-order valence-electron chi connectivity index (χ4n) is 1.37. The highest BCUT2D eigenvalue weighted by molar-refractivity contribution is 5.63. The van der Waals surface area contributed by atoms with Gasteiger partial charge >= 0.3 is 6.18 Å². The first-order valence-corrected chi connectivity index (χ1v) is 5.13. The number of aldehydes is 1. The number of ether oxygens (including phenoxy) is 1. The van der Waals surface area contributed by atoms with Crippen molar-refractivity contribution in [1.29, 1.82) is 0 Å². The monoisotopic (exact) mass is 246 g/mol. The minimum absolute atomic E-state index is 0.0506. The first-order chi connectivity index (χ1) is 7.84. The smallest absolute Gasteiger partial charge is 0.402 e. The largest absolute Gasteiger partial charge is 0.491 e. The summed E-state index contributed by atoms with van der Waals surface area (Å²) in [5, 5.41) is 0. The van der Waals surface area contributed by atoms with Crippen LogP contribution >= 0.6 is 0 Å². The number of hydrogen-bond acceptors (Lipinski definition) is 2. The lowest BCUT2D eigenvalue weighted by Gasteiger charge is -2.15. The highest BCUT2D eigenvalue weighted by Crippen LogP contribution is 2.33. The Bertz CT molecular complexity index is 368. The second-order valence-corrected chi connectivity index (χ2v) is 3.89. The Morgan fingerprint density at radius 1 is 1.18 bits per heavy atom. The summed E-state index contributed by atoms with van der Waals surface area (Å²) in [4.78, 5) is 10.5. The van der Waals surface area contributed by atoms with E-state index in [0.29, 0.717) is 5.75 Å². The molecule has 0 spiro atoms. The minimum Gasteiger partial charge on any atom is -0.491 e. The van der Waals surface area contributed by atoms with Crippen molar-refractivity contribution in [2.24, 2.45) is 0 Å². The number of rotatable bonds is 4. The van der Waals surface area contributed by atoms with Crippen molar-refractivity contribution in [3.63, 3.8) is 0 Å². The van der Waals surface area contributed by atoms with Gasteiger partial charge < -0.3 is 9.53 Å². The van der Waals surface area contributed by atoms with Gasteiger partial charge in [-0.3, -0.25) is 0 Å². The van der Waals surface area contributed by atoms with Gasteiger partial charge in [-0.15, -0.1) is 0 Å². The molecule has 0 saturated carbocycles. The van der Waals surface area contributed by atoms with Gasteiger partial charge in [-0.2, -0.15) is 13.2 Å². The molecule has 1 aromatic carbocycles.